The van der Waals surface area contributed by atoms with Gasteiger partial charge < -0.3 is 15.2 Å². The van der Waals surface area contributed by atoms with Crippen molar-refractivity contribution in [1.82, 2.24) is 5.32 Å². The van der Waals surface area contributed by atoms with Gasteiger partial charge in [-0.3, -0.25) is 0 Å². The number of fused-ring (bicyclic) bond motifs is 1. The average molecular weight is 293 g/mol. The third-order valence-corrected chi connectivity index (χ3v) is 4.60. The van der Waals surface area contributed by atoms with Gasteiger partial charge >= 0.3 is 6.09 Å². The molecule has 3 atom stereocenters. The number of carbonyl (C=O) groups excluding carboxylic acids is 1. The van der Waals surface area contributed by atoms with Crippen LogP contribution in [-0.2, 0) is 4.74 Å². The van der Waals surface area contributed by atoms with E-state index in [1.54, 1.807) is 0 Å². The average Bonchev–Trinajstić information content (AvgIpc) is 3.10. The molecule has 0 saturated heterocycles. The molecule has 4 nitrogen and oxygen atoms in total. The summed E-state index contributed by atoms with van der Waals surface area (Å²) in [6.07, 6.45) is 7.88. The summed E-state index contributed by atoms with van der Waals surface area (Å²) >= 11 is 0. The van der Waals surface area contributed by atoms with Crippen LogP contribution in [0, 0.1) is 29.6 Å². The Morgan fingerprint density at radius 2 is 1.76 bits per heavy atom. The molecule has 4 heteroatoms. The lowest BCUT2D eigenvalue weighted by atomic mass is 10.1. The summed E-state index contributed by atoms with van der Waals surface area (Å²) < 4.78 is 5.34. The predicted molar refractivity (Wildman–Crippen MR) is 81.6 cm³/mol. The maximum Gasteiger partial charge on any atom is 0.407 e. The minimum absolute atomic E-state index is 0.254. The van der Waals surface area contributed by atoms with Crippen LogP contribution in [-0.4, -0.2) is 31.0 Å². The Balaban J connectivity index is 1.50. The van der Waals surface area contributed by atoms with Gasteiger partial charge in [0.25, 0.3) is 0 Å². The number of ether oxygens (including phenoxy) is 1. The standard InChI is InChI=1S/C17H27NO3/c19-12-8-4-3-7-11-18-17(20)21-13-16-14-9-5-1-2-6-10-15(14)16/h14-16,19H,3-13H2,(H,18,20)/t14-,15+,16-. The minimum Gasteiger partial charge on any atom is -0.449 e. The molecule has 0 aromatic heterocycles. The lowest BCUT2D eigenvalue weighted by Crippen LogP contribution is -2.26. The van der Waals surface area contributed by atoms with E-state index in [0.717, 1.165) is 63.2 Å². The summed E-state index contributed by atoms with van der Waals surface area (Å²) in [4.78, 5) is 11.6. The van der Waals surface area contributed by atoms with Gasteiger partial charge in [0.1, 0.15) is 0 Å². The number of rotatable bonds is 8. The third kappa shape index (κ3) is 5.59. The summed E-state index contributed by atoms with van der Waals surface area (Å²) in [6.45, 7) is 1.48. The van der Waals surface area contributed by atoms with Crippen LogP contribution in [0.15, 0.2) is 0 Å². The largest absolute Gasteiger partial charge is 0.449 e. The number of carbonyl (C=O) groups is 1. The molecule has 0 aromatic carbocycles. The van der Waals surface area contributed by atoms with Gasteiger partial charge in [0.05, 0.1) is 6.61 Å². The highest BCUT2D eigenvalue weighted by molar-refractivity contribution is 5.67. The molecule has 118 valence electrons. The molecule has 2 aliphatic rings. The molecule has 1 saturated carbocycles. The number of aliphatic hydroxyl groups excluding tert-OH is 1. The number of nitrogens with one attached hydrogen (secondary N) is 1. The van der Waals surface area contributed by atoms with Crippen molar-refractivity contribution in [2.24, 2.45) is 17.8 Å². The van der Waals surface area contributed by atoms with Gasteiger partial charge in [-0.1, -0.05) is 12.8 Å². The second-order valence-corrected chi connectivity index (χ2v) is 6.09. The maximum atomic E-state index is 11.6. The molecule has 2 N–H and O–H groups in total. The highest BCUT2D eigenvalue weighted by Gasteiger charge is 2.49. The maximum absolute atomic E-state index is 11.6. The monoisotopic (exact) mass is 293 g/mol. The Morgan fingerprint density at radius 3 is 2.43 bits per heavy atom. The highest BCUT2D eigenvalue weighted by atomic mass is 16.5. The zero-order chi connectivity index (χ0) is 14.9. The van der Waals surface area contributed by atoms with Gasteiger partial charge in [-0.05, 0) is 43.4 Å². The van der Waals surface area contributed by atoms with E-state index in [9.17, 15) is 4.79 Å². The van der Waals surface area contributed by atoms with E-state index in [1.807, 2.05) is 0 Å². The van der Waals surface area contributed by atoms with Crippen molar-refractivity contribution < 1.29 is 14.6 Å². The van der Waals surface area contributed by atoms with E-state index in [2.05, 4.69) is 17.2 Å². The Bertz CT molecular complexity index is 367. The van der Waals surface area contributed by atoms with Gasteiger partial charge in [0, 0.05) is 26.0 Å². The van der Waals surface area contributed by atoms with E-state index in [-0.39, 0.29) is 12.7 Å². The van der Waals surface area contributed by atoms with Crippen molar-refractivity contribution in [1.29, 1.82) is 0 Å². The fraction of sp³-hybridized carbons (Fsp3) is 0.824. The Kier molecular flexibility index (Phi) is 6.88. The first-order valence-electron chi connectivity index (χ1n) is 8.30. The summed E-state index contributed by atoms with van der Waals surface area (Å²) in [5, 5.41) is 11.5. The molecule has 2 rings (SSSR count). The van der Waals surface area contributed by atoms with Crippen LogP contribution in [0.25, 0.3) is 0 Å². The van der Waals surface area contributed by atoms with Crippen LogP contribution in [0.2, 0.25) is 0 Å². The topological polar surface area (TPSA) is 58.6 Å². The number of hydrogen-bond acceptors (Lipinski definition) is 3. The quantitative estimate of drug-likeness (QED) is 0.534. The van der Waals surface area contributed by atoms with Gasteiger partial charge in [-0.25, -0.2) is 4.79 Å². The Labute approximate surface area is 127 Å². The van der Waals surface area contributed by atoms with Gasteiger partial charge in [-0.2, -0.15) is 0 Å². The molecule has 1 fully saturated rings. The fourth-order valence-electron chi connectivity index (χ4n) is 3.29. The normalized spacial score (nSPS) is 26.6. The van der Waals surface area contributed by atoms with Gasteiger partial charge in [0.2, 0.25) is 0 Å². The van der Waals surface area contributed by atoms with Crippen LogP contribution in [0.1, 0.15) is 51.4 Å². The zero-order valence-electron chi connectivity index (χ0n) is 12.8. The van der Waals surface area contributed by atoms with Crippen molar-refractivity contribution in [2.75, 3.05) is 19.8 Å². The van der Waals surface area contributed by atoms with Crippen molar-refractivity contribution in [3.8, 4) is 11.8 Å². The summed E-state index contributed by atoms with van der Waals surface area (Å²) in [6, 6.07) is 0. The van der Waals surface area contributed by atoms with E-state index in [1.165, 1.54) is 0 Å². The van der Waals surface area contributed by atoms with Crippen LogP contribution < -0.4 is 5.32 Å². The first-order valence-corrected chi connectivity index (χ1v) is 8.30. The van der Waals surface area contributed by atoms with E-state index < -0.39 is 0 Å². The Hall–Kier alpha value is -1.21. The van der Waals surface area contributed by atoms with Crippen molar-refractivity contribution in [3.63, 3.8) is 0 Å². The SMILES string of the molecule is O=C(NCCCCCCO)OC[C@@H]1[C@@H]2CCC#CCC[C@@H]21. The lowest BCUT2D eigenvalue weighted by molar-refractivity contribution is 0.137. The highest BCUT2D eigenvalue weighted by Crippen LogP contribution is 2.52. The second kappa shape index (κ2) is 8.94. The van der Waals surface area contributed by atoms with E-state index in [4.69, 9.17) is 9.84 Å². The minimum atomic E-state index is -0.285. The van der Waals surface area contributed by atoms with Crippen LogP contribution in [0.5, 0.6) is 0 Å². The fourth-order valence-corrected chi connectivity index (χ4v) is 3.29. The number of unbranched alkanes of at least 4 members (excludes halogenated alkanes) is 3. The molecule has 1 amide bonds. The van der Waals surface area contributed by atoms with Crippen LogP contribution in [0.4, 0.5) is 4.79 Å². The number of hydrogen-bond donors (Lipinski definition) is 2. The smallest absolute Gasteiger partial charge is 0.407 e. The van der Waals surface area contributed by atoms with Gasteiger partial charge in [0.15, 0.2) is 0 Å². The zero-order valence-corrected chi connectivity index (χ0v) is 12.8. The molecule has 21 heavy (non-hydrogen) atoms. The summed E-state index contributed by atoms with van der Waals surface area (Å²) in [7, 11) is 0. The predicted octanol–water partition coefficient (Wildman–Crippen LogP) is 2.70. The number of alkyl carbamates (subject to hydrolysis) is 1. The molecule has 0 unspecified atom stereocenters. The second-order valence-electron chi connectivity index (χ2n) is 6.09. The molecule has 0 bridgehead atoms. The molecule has 0 radical (unpaired) electrons. The molecule has 0 aromatic rings. The van der Waals surface area contributed by atoms with Crippen LogP contribution >= 0.6 is 0 Å². The van der Waals surface area contributed by atoms with Gasteiger partial charge in [-0.15, -0.1) is 11.8 Å². The molecule has 2 aliphatic carbocycles. The van der Waals surface area contributed by atoms with E-state index >= 15 is 0 Å². The Morgan fingerprint density at radius 1 is 1.10 bits per heavy atom. The summed E-state index contributed by atoms with van der Waals surface area (Å²) in [5.41, 5.74) is 0. The number of amides is 1. The van der Waals surface area contributed by atoms with Crippen molar-refractivity contribution >= 4 is 6.09 Å². The van der Waals surface area contributed by atoms with Crippen molar-refractivity contribution in [3.05, 3.63) is 0 Å². The first kappa shape index (κ1) is 16.2. The summed E-state index contributed by atoms with van der Waals surface area (Å²) in [5.74, 6) is 8.40. The molecule has 0 heterocycles. The molecular weight excluding hydrogens is 266 g/mol. The molecule has 0 spiro atoms. The van der Waals surface area contributed by atoms with Crippen LogP contribution in [0.3, 0.4) is 0 Å². The lowest BCUT2D eigenvalue weighted by Gasteiger charge is -2.06. The number of aliphatic hydroxyl groups is 1. The van der Waals surface area contributed by atoms with E-state index in [0.29, 0.717) is 19.1 Å². The third-order valence-electron chi connectivity index (χ3n) is 4.60. The van der Waals surface area contributed by atoms with Crippen molar-refractivity contribution in [2.45, 2.75) is 51.4 Å². The first-order chi connectivity index (χ1) is 10.3. The molecule has 0 aliphatic heterocycles. The molecular formula is C17H27NO3.